The minimum atomic E-state index is -0.336. The monoisotopic (exact) mass is 158 g/mol. The van der Waals surface area contributed by atoms with Crippen LogP contribution < -0.4 is 10.6 Å². The van der Waals surface area contributed by atoms with Crippen LogP contribution in [0.1, 0.15) is 6.42 Å². The highest BCUT2D eigenvalue weighted by atomic mass is 16.5. The quantitative estimate of drug-likeness (QED) is 0.592. The maximum atomic E-state index is 10.6. The Hall–Kier alpha value is -0.770. The molecule has 1 aliphatic rings. The first-order valence-electron chi connectivity index (χ1n) is 3.88. The van der Waals surface area contributed by atoms with E-state index in [1.807, 2.05) is 0 Å². The number of alkyl carbamates (subject to hydrolysis) is 1. The third-order valence-corrected chi connectivity index (χ3v) is 1.82. The zero-order valence-electron chi connectivity index (χ0n) is 6.72. The van der Waals surface area contributed by atoms with Gasteiger partial charge < -0.3 is 15.4 Å². The molecule has 0 bridgehead atoms. The van der Waals surface area contributed by atoms with Gasteiger partial charge >= 0.3 is 6.09 Å². The molecule has 0 aromatic heterocycles. The van der Waals surface area contributed by atoms with E-state index in [2.05, 4.69) is 10.6 Å². The van der Waals surface area contributed by atoms with E-state index in [1.54, 1.807) is 7.05 Å². The third kappa shape index (κ3) is 2.76. The lowest BCUT2D eigenvalue weighted by Gasteiger charge is -2.08. The van der Waals surface area contributed by atoms with Crippen LogP contribution in [-0.4, -0.2) is 32.8 Å². The van der Waals surface area contributed by atoms with Gasteiger partial charge in [0.25, 0.3) is 0 Å². The number of rotatable bonds is 2. The highest BCUT2D eigenvalue weighted by Gasteiger charge is 2.15. The molecule has 0 aliphatic carbocycles. The Kier molecular flexibility index (Phi) is 3.16. The van der Waals surface area contributed by atoms with Gasteiger partial charge in [0.15, 0.2) is 0 Å². The Balaban J connectivity index is 2.06. The molecule has 1 fully saturated rings. The largest absolute Gasteiger partial charge is 0.449 e. The highest BCUT2D eigenvalue weighted by molar-refractivity contribution is 5.66. The van der Waals surface area contributed by atoms with Gasteiger partial charge in [0, 0.05) is 19.5 Å². The lowest BCUT2D eigenvalue weighted by atomic mass is 10.1. The molecule has 0 aromatic rings. The molecule has 1 unspecified atom stereocenters. The van der Waals surface area contributed by atoms with E-state index in [9.17, 15) is 4.79 Å². The molecular formula is C7H14N2O2. The summed E-state index contributed by atoms with van der Waals surface area (Å²) in [5.41, 5.74) is 0. The number of nitrogens with one attached hydrogen (secondary N) is 2. The maximum absolute atomic E-state index is 10.6. The minimum absolute atomic E-state index is 0.336. The second-order valence-electron chi connectivity index (χ2n) is 2.71. The average Bonchev–Trinajstić information content (AvgIpc) is 2.52. The lowest BCUT2D eigenvalue weighted by molar-refractivity contribution is 0.132. The fourth-order valence-electron chi connectivity index (χ4n) is 1.12. The van der Waals surface area contributed by atoms with Crippen molar-refractivity contribution >= 4 is 6.09 Å². The van der Waals surface area contributed by atoms with Crippen LogP contribution in [0.5, 0.6) is 0 Å². The van der Waals surface area contributed by atoms with E-state index >= 15 is 0 Å². The Morgan fingerprint density at radius 2 is 2.64 bits per heavy atom. The van der Waals surface area contributed by atoms with E-state index in [0.29, 0.717) is 12.5 Å². The highest BCUT2D eigenvalue weighted by Crippen LogP contribution is 2.06. The summed E-state index contributed by atoms with van der Waals surface area (Å²) in [5.74, 6) is 0.507. The van der Waals surface area contributed by atoms with Gasteiger partial charge in [-0.2, -0.15) is 0 Å². The number of carbonyl (C=O) groups excluding carboxylic acids is 1. The van der Waals surface area contributed by atoms with Crippen LogP contribution in [-0.2, 0) is 4.74 Å². The fraction of sp³-hybridized carbons (Fsp3) is 0.857. The van der Waals surface area contributed by atoms with Gasteiger partial charge in [-0.3, -0.25) is 0 Å². The molecular weight excluding hydrogens is 144 g/mol. The van der Waals surface area contributed by atoms with E-state index in [-0.39, 0.29) is 6.09 Å². The number of hydrogen-bond donors (Lipinski definition) is 2. The molecule has 1 heterocycles. The molecule has 4 nitrogen and oxygen atoms in total. The summed E-state index contributed by atoms with van der Waals surface area (Å²) in [5, 5.41) is 5.61. The van der Waals surface area contributed by atoms with Crippen molar-refractivity contribution in [1.82, 2.24) is 10.6 Å². The molecule has 1 amide bonds. The van der Waals surface area contributed by atoms with Gasteiger partial charge in [0.1, 0.15) is 0 Å². The van der Waals surface area contributed by atoms with Gasteiger partial charge in [-0.05, 0) is 13.0 Å². The molecule has 0 spiro atoms. The van der Waals surface area contributed by atoms with E-state index in [4.69, 9.17) is 4.74 Å². The Bertz CT molecular complexity index is 132. The topological polar surface area (TPSA) is 50.4 Å². The second-order valence-corrected chi connectivity index (χ2v) is 2.71. The first-order valence-corrected chi connectivity index (χ1v) is 3.88. The summed E-state index contributed by atoms with van der Waals surface area (Å²) in [6, 6.07) is 0. The first-order chi connectivity index (χ1) is 5.33. The van der Waals surface area contributed by atoms with Crippen molar-refractivity contribution in [2.45, 2.75) is 6.42 Å². The summed E-state index contributed by atoms with van der Waals surface area (Å²) in [4.78, 5) is 10.6. The van der Waals surface area contributed by atoms with Crippen LogP contribution in [0.4, 0.5) is 4.79 Å². The van der Waals surface area contributed by atoms with Crippen molar-refractivity contribution < 1.29 is 9.53 Å². The summed E-state index contributed by atoms with van der Waals surface area (Å²) < 4.78 is 4.89. The van der Waals surface area contributed by atoms with Gasteiger partial charge in [0.2, 0.25) is 0 Å². The molecule has 11 heavy (non-hydrogen) atoms. The normalized spacial score (nSPS) is 23.2. The van der Waals surface area contributed by atoms with Crippen LogP contribution in [0.2, 0.25) is 0 Å². The van der Waals surface area contributed by atoms with Crippen LogP contribution in [0, 0.1) is 5.92 Å². The molecule has 2 N–H and O–H groups in total. The molecule has 64 valence electrons. The maximum Gasteiger partial charge on any atom is 0.406 e. The Morgan fingerprint density at radius 1 is 1.82 bits per heavy atom. The Morgan fingerprint density at radius 3 is 3.18 bits per heavy atom. The summed E-state index contributed by atoms with van der Waals surface area (Å²) in [7, 11) is 1.56. The van der Waals surface area contributed by atoms with Gasteiger partial charge in [-0.1, -0.05) is 0 Å². The van der Waals surface area contributed by atoms with Crippen molar-refractivity contribution in [3.05, 3.63) is 0 Å². The first kappa shape index (κ1) is 8.33. The molecule has 1 atom stereocenters. The Labute approximate surface area is 66.3 Å². The van der Waals surface area contributed by atoms with Crippen LogP contribution >= 0.6 is 0 Å². The van der Waals surface area contributed by atoms with E-state index in [0.717, 1.165) is 19.5 Å². The third-order valence-electron chi connectivity index (χ3n) is 1.82. The van der Waals surface area contributed by atoms with Gasteiger partial charge in [0.05, 0.1) is 6.61 Å². The van der Waals surface area contributed by atoms with Gasteiger partial charge in [-0.25, -0.2) is 4.79 Å². The minimum Gasteiger partial charge on any atom is -0.449 e. The van der Waals surface area contributed by atoms with Crippen LogP contribution in [0.15, 0.2) is 0 Å². The fourth-order valence-corrected chi connectivity index (χ4v) is 1.12. The lowest BCUT2D eigenvalue weighted by Crippen LogP contribution is -2.23. The number of amides is 1. The standard InChI is InChI=1S/C7H14N2O2/c1-8-7(10)11-5-6-2-3-9-4-6/h6,9H,2-5H2,1H3,(H,8,10). The molecule has 1 rings (SSSR count). The predicted molar refractivity (Wildman–Crippen MR) is 41.4 cm³/mol. The van der Waals surface area contributed by atoms with Crippen molar-refractivity contribution in [3.8, 4) is 0 Å². The summed E-state index contributed by atoms with van der Waals surface area (Å²) in [6.45, 7) is 2.55. The van der Waals surface area contributed by atoms with Crippen LogP contribution in [0.3, 0.4) is 0 Å². The smallest absolute Gasteiger partial charge is 0.406 e. The number of hydrogen-bond acceptors (Lipinski definition) is 3. The van der Waals surface area contributed by atoms with E-state index < -0.39 is 0 Å². The van der Waals surface area contributed by atoms with Gasteiger partial charge in [-0.15, -0.1) is 0 Å². The van der Waals surface area contributed by atoms with Crippen LogP contribution in [0.25, 0.3) is 0 Å². The van der Waals surface area contributed by atoms with Crippen molar-refractivity contribution in [3.63, 3.8) is 0 Å². The zero-order chi connectivity index (χ0) is 8.10. The molecule has 0 saturated carbocycles. The zero-order valence-corrected chi connectivity index (χ0v) is 6.72. The van der Waals surface area contributed by atoms with Crippen molar-refractivity contribution in [2.75, 3.05) is 26.7 Å². The second kappa shape index (κ2) is 4.18. The number of ether oxygens (including phenoxy) is 1. The van der Waals surface area contributed by atoms with Crippen molar-refractivity contribution in [2.24, 2.45) is 5.92 Å². The average molecular weight is 158 g/mol. The molecule has 1 saturated heterocycles. The molecule has 0 radical (unpaired) electrons. The predicted octanol–water partition coefficient (Wildman–Crippen LogP) is -0.0481. The van der Waals surface area contributed by atoms with Crippen molar-refractivity contribution in [1.29, 1.82) is 0 Å². The molecule has 4 heteroatoms. The summed E-state index contributed by atoms with van der Waals surface area (Å²) >= 11 is 0. The van der Waals surface area contributed by atoms with E-state index in [1.165, 1.54) is 0 Å². The SMILES string of the molecule is CNC(=O)OCC1CCNC1. The molecule has 1 aliphatic heterocycles. The number of carbonyl (C=O) groups is 1. The molecule has 0 aromatic carbocycles. The summed E-state index contributed by atoms with van der Waals surface area (Å²) in [6.07, 6.45) is 0.772.